The van der Waals surface area contributed by atoms with Gasteiger partial charge in [-0.25, -0.2) is 18.2 Å². The van der Waals surface area contributed by atoms with Crippen LogP contribution in [0.5, 0.6) is 0 Å². The number of sulfonamides is 1. The second kappa shape index (κ2) is 8.63. The van der Waals surface area contributed by atoms with E-state index < -0.39 is 27.2 Å². The zero-order valence-corrected chi connectivity index (χ0v) is 15.6. The number of carbonyl (C=O) groups is 2. The molecule has 0 bridgehead atoms. The third-order valence-corrected chi connectivity index (χ3v) is 6.76. The zero-order chi connectivity index (χ0) is 18.4. The molecule has 0 unspecified atom stereocenters. The third kappa shape index (κ3) is 5.41. The number of nitrogens with two attached hydrogens (primary N) is 1. The summed E-state index contributed by atoms with van der Waals surface area (Å²) in [5.41, 5.74) is 4.91. The molecule has 0 saturated carbocycles. The van der Waals surface area contributed by atoms with E-state index in [2.05, 4.69) is 4.98 Å². The van der Waals surface area contributed by atoms with Gasteiger partial charge in [-0.1, -0.05) is 24.6 Å². The molecule has 0 radical (unpaired) electrons. The summed E-state index contributed by atoms with van der Waals surface area (Å²) in [5, 5.41) is 1.89. The molecule has 1 aromatic heterocycles. The van der Waals surface area contributed by atoms with Crippen molar-refractivity contribution in [2.24, 2.45) is 5.73 Å². The minimum Gasteiger partial charge on any atom is -0.351 e. The number of primary amides is 1. The second-order valence-corrected chi connectivity index (χ2v) is 9.06. The molecule has 2 heterocycles. The molecule has 1 atom stereocenters. The van der Waals surface area contributed by atoms with Gasteiger partial charge in [0.05, 0.1) is 10.3 Å². The Kier molecular flexibility index (Phi) is 6.79. The van der Waals surface area contributed by atoms with Crippen LogP contribution < -0.4 is 11.1 Å². The number of hydrogen-bond acceptors (Lipinski definition) is 6. The molecule has 0 aromatic carbocycles. The van der Waals surface area contributed by atoms with Gasteiger partial charge in [-0.05, 0) is 31.9 Å². The second-order valence-electron chi connectivity index (χ2n) is 5.76. The Hall–Kier alpha value is -1.65. The number of thioether (sulfide) groups is 1. The van der Waals surface area contributed by atoms with E-state index in [-0.39, 0.29) is 4.90 Å². The maximum absolute atomic E-state index is 12.7. The van der Waals surface area contributed by atoms with Crippen LogP contribution >= 0.6 is 11.8 Å². The topological polar surface area (TPSA) is 122 Å². The summed E-state index contributed by atoms with van der Waals surface area (Å²) in [6.45, 7) is 2.67. The molecule has 0 spiro atoms. The summed E-state index contributed by atoms with van der Waals surface area (Å²) in [4.78, 5) is 26.6. The summed E-state index contributed by atoms with van der Waals surface area (Å²) >= 11 is 1.11. The number of hydrogen-bond donors (Lipinski definition) is 2. The number of rotatable bonds is 5. The molecule has 10 heteroatoms. The van der Waals surface area contributed by atoms with Crippen molar-refractivity contribution in [2.75, 3.05) is 13.1 Å². The van der Waals surface area contributed by atoms with Crippen molar-refractivity contribution in [3.05, 3.63) is 18.3 Å². The Morgan fingerprint density at radius 1 is 1.24 bits per heavy atom. The smallest absolute Gasteiger partial charge is 0.318 e. The number of imide groups is 1. The van der Waals surface area contributed by atoms with Crippen LogP contribution in [0.3, 0.4) is 0 Å². The van der Waals surface area contributed by atoms with Crippen molar-refractivity contribution < 1.29 is 18.0 Å². The monoisotopic (exact) mass is 386 g/mol. The van der Waals surface area contributed by atoms with Crippen molar-refractivity contribution in [2.45, 2.75) is 47.8 Å². The lowest BCUT2D eigenvalue weighted by Crippen LogP contribution is -2.39. The van der Waals surface area contributed by atoms with Crippen LogP contribution in [0.4, 0.5) is 4.79 Å². The Morgan fingerprint density at radius 3 is 2.40 bits per heavy atom. The summed E-state index contributed by atoms with van der Waals surface area (Å²) in [6, 6.07) is 2.14. The Labute approximate surface area is 151 Å². The van der Waals surface area contributed by atoms with Gasteiger partial charge >= 0.3 is 6.03 Å². The van der Waals surface area contributed by atoms with Crippen LogP contribution in [-0.2, 0) is 14.8 Å². The van der Waals surface area contributed by atoms with E-state index in [0.717, 1.165) is 37.4 Å². The van der Waals surface area contributed by atoms with E-state index in [1.54, 1.807) is 13.0 Å². The molecule has 8 nitrogen and oxygen atoms in total. The minimum atomic E-state index is -3.54. The maximum atomic E-state index is 12.7. The Morgan fingerprint density at radius 2 is 1.88 bits per heavy atom. The van der Waals surface area contributed by atoms with Crippen LogP contribution in [0.2, 0.25) is 0 Å². The first-order valence-electron chi connectivity index (χ1n) is 8.04. The van der Waals surface area contributed by atoms with Crippen molar-refractivity contribution in [1.82, 2.24) is 14.6 Å². The molecular formula is C15H22N4O4S2. The largest absolute Gasteiger partial charge is 0.351 e. The SMILES string of the molecule is C[C@@H](Sc1ccc(S(=O)(=O)N2CCCCCC2)cn1)C(=O)NC(N)=O. The van der Waals surface area contributed by atoms with Crippen molar-refractivity contribution in [3.8, 4) is 0 Å². The Balaban J connectivity index is 2.05. The van der Waals surface area contributed by atoms with Crippen molar-refractivity contribution >= 4 is 33.7 Å². The number of aromatic nitrogens is 1. The minimum absolute atomic E-state index is 0.146. The normalized spacial score (nSPS) is 17.5. The maximum Gasteiger partial charge on any atom is 0.318 e. The van der Waals surface area contributed by atoms with E-state index in [4.69, 9.17) is 5.73 Å². The van der Waals surface area contributed by atoms with E-state index in [1.807, 2.05) is 5.32 Å². The average Bonchev–Trinajstić information content (AvgIpc) is 2.84. The molecular weight excluding hydrogens is 364 g/mol. The molecule has 25 heavy (non-hydrogen) atoms. The Bertz CT molecular complexity index is 714. The molecule has 3 N–H and O–H groups in total. The molecule has 1 saturated heterocycles. The molecule has 1 aromatic rings. The zero-order valence-electron chi connectivity index (χ0n) is 14.0. The van der Waals surface area contributed by atoms with Crippen LogP contribution in [0, 0.1) is 0 Å². The van der Waals surface area contributed by atoms with Gasteiger partial charge in [-0.15, -0.1) is 0 Å². The number of pyridine rings is 1. The van der Waals surface area contributed by atoms with Gasteiger partial charge in [-0.2, -0.15) is 4.31 Å². The predicted molar refractivity (Wildman–Crippen MR) is 94.5 cm³/mol. The fourth-order valence-electron chi connectivity index (χ4n) is 2.48. The van der Waals surface area contributed by atoms with E-state index in [9.17, 15) is 18.0 Å². The van der Waals surface area contributed by atoms with Gasteiger partial charge in [0.1, 0.15) is 4.90 Å². The van der Waals surface area contributed by atoms with Gasteiger partial charge in [0.25, 0.3) is 0 Å². The standard InChI is InChI=1S/C15H22N4O4S2/c1-11(14(20)18-15(16)21)24-13-7-6-12(10-17-13)25(22,23)19-8-4-2-3-5-9-19/h6-7,10-11H,2-5,8-9H2,1H3,(H3,16,18,20,21)/t11-/m1/s1. The molecule has 1 aliphatic heterocycles. The van der Waals surface area contributed by atoms with Crippen LogP contribution in [0.1, 0.15) is 32.6 Å². The summed E-state index contributed by atoms with van der Waals surface area (Å²) in [6.07, 6.45) is 5.14. The quantitative estimate of drug-likeness (QED) is 0.736. The third-order valence-electron chi connectivity index (χ3n) is 3.83. The first-order valence-corrected chi connectivity index (χ1v) is 10.4. The average molecular weight is 386 g/mol. The molecule has 3 amide bonds. The summed E-state index contributed by atoms with van der Waals surface area (Å²) < 4.78 is 26.8. The highest BCUT2D eigenvalue weighted by molar-refractivity contribution is 8.00. The molecule has 2 rings (SSSR count). The number of nitrogens with zero attached hydrogens (tertiary/aromatic N) is 2. The van der Waals surface area contributed by atoms with Gasteiger partial charge in [-0.3, -0.25) is 10.1 Å². The van der Waals surface area contributed by atoms with Gasteiger partial charge in [0, 0.05) is 19.3 Å². The van der Waals surface area contributed by atoms with Crippen LogP contribution in [0.25, 0.3) is 0 Å². The van der Waals surface area contributed by atoms with Crippen molar-refractivity contribution in [1.29, 1.82) is 0 Å². The van der Waals surface area contributed by atoms with E-state index in [0.29, 0.717) is 18.1 Å². The lowest BCUT2D eigenvalue weighted by molar-refractivity contribution is -0.119. The highest BCUT2D eigenvalue weighted by Crippen LogP contribution is 2.24. The highest BCUT2D eigenvalue weighted by atomic mass is 32.2. The van der Waals surface area contributed by atoms with Crippen molar-refractivity contribution in [3.63, 3.8) is 0 Å². The number of amides is 3. The van der Waals surface area contributed by atoms with Gasteiger partial charge in [0.15, 0.2) is 0 Å². The highest BCUT2D eigenvalue weighted by Gasteiger charge is 2.25. The van der Waals surface area contributed by atoms with Crippen LogP contribution in [-0.4, -0.2) is 48.0 Å². The molecule has 0 aliphatic carbocycles. The first kappa shape index (κ1) is 19.7. The van der Waals surface area contributed by atoms with E-state index >= 15 is 0 Å². The summed E-state index contributed by atoms with van der Waals surface area (Å²) in [5.74, 6) is -0.527. The number of carbonyl (C=O) groups excluding carboxylic acids is 2. The van der Waals surface area contributed by atoms with Crippen LogP contribution in [0.15, 0.2) is 28.3 Å². The lowest BCUT2D eigenvalue weighted by Gasteiger charge is -2.19. The molecule has 138 valence electrons. The lowest BCUT2D eigenvalue weighted by atomic mass is 10.2. The molecule has 1 fully saturated rings. The van der Waals surface area contributed by atoms with Gasteiger partial charge < -0.3 is 5.73 Å². The molecule has 1 aliphatic rings. The summed E-state index contributed by atoms with van der Waals surface area (Å²) in [7, 11) is -3.54. The number of urea groups is 1. The fraction of sp³-hybridized carbons (Fsp3) is 0.533. The van der Waals surface area contributed by atoms with Gasteiger partial charge in [0.2, 0.25) is 15.9 Å². The van der Waals surface area contributed by atoms with E-state index in [1.165, 1.54) is 16.6 Å². The first-order chi connectivity index (χ1) is 11.8. The number of nitrogens with one attached hydrogen (secondary N) is 1. The predicted octanol–water partition coefficient (Wildman–Crippen LogP) is 1.32. The fourth-order valence-corrected chi connectivity index (χ4v) is 4.73.